The molecule has 0 aromatic heterocycles. The Bertz CT molecular complexity index is 502. The van der Waals surface area contributed by atoms with Crippen molar-refractivity contribution < 1.29 is 0 Å². The fourth-order valence-corrected chi connectivity index (χ4v) is 8.18. The fraction of sp³-hybridized carbons (Fsp3) is 0.917. The van der Waals surface area contributed by atoms with Crippen molar-refractivity contribution in [3.8, 4) is 0 Å². The number of rotatable bonds is 3. The molecule has 136 valence electrons. The minimum atomic E-state index is 0.620. The molecule has 0 amide bonds. The first-order valence-electron chi connectivity index (χ1n) is 11.2. The SMILES string of the molecule is CCC[C@@H](C)[C@H]1CC[C@H]2C3=CCC4CCCC[C@]4(C)[C@H]3CC[C@]12C. The molecule has 0 spiro atoms. The van der Waals surface area contributed by atoms with E-state index in [0.717, 1.165) is 29.6 Å². The molecule has 4 rings (SSSR count). The summed E-state index contributed by atoms with van der Waals surface area (Å²) in [5.74, 6) is 4.79. The van der Waals surface area contributed by atoms with E-state index in [4.69, 9.17) is 0 Å². The Kier molecular flexibility index (Phi) is 4.41. The molecular weight excluding hydrogens is 288 g/mol. The lowest BCUT2D eigenvalue weighted by molar-refractivity contribution is -0.00786. The Balaban J connectivity index is 1.62. The number of allylic oxidation sites excluding steroid dienone is 2. The monoisotopic (exact) mass is 328 g/mol. The molecule has 24 heavy (non-hydrogen) atoms. The first kappa shape index (κ1) is 17.2. The second-order valence-corrected chi connectivity index (χ2v) is 10.5. The predicted molar refractivity (Wildman–Crippen MR) is 104 cm³/mol. The van der Waals surface area contributed by atoms with E-state index in [1.165, 1.54) is 70.6 Å². The van der Waals surface area contributed by atoms with E-state index in [0.29, 0.717) is 10.8 Å². The first-order chi connectivity index (χ1) is 11.5. The minimum Gasteiger partial charge on any atom is -0.0844 e. The van der Waals surface area contributed by atoms with Gasteiger partial charge in [-0.15, -0.1) is 0 Å². The molecule has 4 aliphatic rings. The second-order valence-electron chi connectivity index (χ2n) is 10.5. The Labute approximate surface area is 150 Å². The molecule has 0 heteroatoms. The Morgan fingerprint density at radius 1 is 1.00 bits per heavy atom. The van der Waals surface area contributed by atoms with Gasteiger partial charge in [0.1, 0.15) is 0 Å². The lowest BCUT2D eigenvalue weighted by atomic mass is 9.48. The summed E-state index contributed by atoms with van der Waals surface area (Å²) >= 11 is 0. The predicted octanol–water partition coefficient (Wildman–Crippen LogP) is 7.39. The molecular formula is C24H40. The Morgan fingerprint density at radius 2 is 1.79 bits per heavy atom. The summed E-state index contributed by atoms with van der Waals surface area (Å²) in [5.41, 5.74) is 3.22. The highest BCUT2D eigenvalue weighted by Crippen LogP contribution is 2.66. The van der Waals surface area contributed by atoms with Gasteiger partial charge in [-0.2, -0.15) is 0 Å². The number of fused-ring (bicyclic) bond motifs is 5. The van der Waals surface area contributed by atoms with Crippen molar-refractivity contribution in [1.29, 1.82) is 0 Å². The standard InChI is InChI=1S/C24H40/c1-5-8-17(2)20-12-13-21-19-11-10-18-9-6-7-15-23(18,3)22(19)14-16-24(20,21)4/h11,17-18,20-22H,5-10,12-16H2,1-4H3/t17-,18?,20-,21+,22+,23+,24-/m1/s1. The third kappa shape index (κ3) is 2.38. The molecule has 0 aromatic rings. The molecule has 0 nitrogen and oxygen atoms in total. The fourth-order valence-electron chi connectivity index (χ4n) is 8.18. The van der Waals surface area contributed by atoms with Crippen molar-refractivity contribution in [3.63, 3.8) is 0 Å². The minimum absolute atomic E-state index is 0.620. The highest BCUT2D eigenvalue weighted by molar-refractivity contribution is 5.27. The highest BCUT2D eigenvalue weighted by atomic mass is 14.6. The first-order valence-corrected chi connectivity index (χ1v) is 11.2. The summed E-state index contributed by atoms with van der Waals surface area (Å²) in [4.78, 5) is 0. The van der Waals surface area contributed by atoms with Crippen LogP contribution in [-0.2, 0) is 0 Å². The smallest absolute Gasteiger partial charge is 0.0143 e. The van der Waals surface area contributed by atoms with Crippen LogP contribution in [0.15, 0.2) is 11.6 Å². The van der Waals surface area contributed by atoms with Crippen molar-refractivity contribution >= 4 is 0 Å². The average Bonchev–Trinajstić information content (AvgIpc) is 2.92. The molecule has 0 heterocycles. The van der Waals surface area contributed by atoms with Crippen LogP contribution in [0.5, 0.6) is 0 Å². The zero-order valence-corrected chi connectivity index (χ0v) is 16.7. The van der Waals surface area contributed by atoms with Gasteiger partial charge in [0.15, 0.2) is 0 Å². The van der Waals surface area contributed by atoms with Gasteiger partial charge in [-0.05, 0) is 85.4 Å². The van der Waals surface area contributed by atoms with Gasteiger partial charge >= 0.3 is 0 Å². The van der Waals surface area contributed by atoms with Crippen molar-refractivity contribution in [3.05, 3.63) is 11.6 Å². The quantitative estimate of drug-likeness (QED) is 0.474. The summed E-state index contributed by atoms with van der Waals surface area (Å²) in [6, 6.07) is 0. The molecule has 1 unspecified atom stereocenters. The van der Waals surface area contributed by atoms with Crippen molar-refractivity contribution in [2.75, 3.05) is 0 Å². The van der Waals surface area contributed by atoms with Crippen LogP contribution in [0.1, 0.15) is 98.3 Å². The average molecular weight is 329 g/mol. The van der Waals surface area contributed by atoms with Gasteiger partial charge < -0.3 is 0 Å². The molecule has 0 saturated heterocycles. The Morgan fingerprint density at radius 3 is 2.58 bits per heavy atom. The van der Waals surface area contributed by atoms with Gasteiger partial charge in [-0.1, -0.05) is 65.0 Å². The van der Waals surface area contributed by atoms with Crippen LogP contribution in [0.25, 0.3) is 0 Å². The van der Waals surface area contributed by atoms with Crippen molar-refractivity contribution in [2.45, 2.75) is 98.3 Å². The van der Waals surface area contributed by atoms with Crippen LogP contribution in [0.2, 0.25) is 0 Å². The maximum absolute atomic E-state index is 2.78. The van der Waals surface area contributed by atoms with Gasteiger partial charge in [0, 0.05) is 0 Å². The van der Waals surface area contributed by atoms with E-state index in [-0.39, 0.29) is 0 Å². The van der Waals surface area contributed by atoms with Crippen LogP contribution in [0, 0.1) is 40.4 Å². The van der Waals surface area contributed by atoms with E-state index >= 15 is 0 Å². The summed E-state index contributed by atoms with van der Waals surface area (Å²) in [6.45, 7) is 10.3. The normalized spacial score (nSPS) is 48.9. The van der Waals surface area contributed by atoms with Crippen molar-refractivity contribution in [2.24, 2.45) is 40.4 Å². The summed E-state index contributed by atoms with van der Waals surface area (Å²) in [5, 5.41) is 0. The van der Waals surface area contributed by atoms with E-state index in [2.05, 4.69) is 33.8 Å². The van der Waals surface area contributed by atoms with Crippen LogP contribution >= 0.6 is 0 Å². The Hall–Kier alpha value is -0.260. The molecule has 3 fully saturated rings. The third-order valence-corrected chi connectivity index (χ3v) is 9.50. The maximum Gasteiger partial charge on any atom is -0.0143 e. The third-order valence-electron chi connectivity index (χ3n) is 9.50. The summed E-state index contributed by atoms with van der Waals surface area (Å²) < 4.78 is 0. The lowest BCUT2D eigenvalue weighted by Gasteiger charge is -2.57. The number of hydrogen-bond donors (Lipinski definition) is 0. The van der Waals surface area contributed by atoms with Gasteiger partial charge in [0.2, 0.25) is 0 Å². The van der Waals surface area contributed by atoms with Crippen LogP contribution in [-0.4, -0.2) is 0 Å². The van der Waals surface area contributed by atoms with E-state index in [1.807, 2.05) is 5.57 Å². The second kappa shape index (κ2) is 6.17. The summed E-state index contributed by atoms with van der Waals surface area (Å²) in [6.07, 6.45) is 19.0. The molecule has 7 atom stereocenters. The largest absolute Gasteiger partial charge is 0.0844 e. The topological polar surface area (TPSA) is 0 Å². The lowest BCUT2D eigenvalue weighted by Crippen LogP contribution is -2.48. The molecule has 3 saturated carbocycles. The van der Waals surface area contributed by atoms with Gasteiger partial charge in [-0.3, -0.25) is 0 Å². The molecule has 0 bridgehead atoms. The molecule has 0 aliphatic heterocycles. The molecule has 0 aromatic carbocycles. The zero-order valence-electron chi connectivity index (χ0n) is 16.7. The highest BCUT2D eigenvalue weighted by Gasteiger charge is 2.57. The van der Waals surface area contributed by atoms with Crippen molar-refractivity contribution in [1.82, 2.24) is 0 Å². The van der Waals surface area contributed by atoms with E-state index in [9.17, 15) is 0 Å². The number of hydrogen-bond acceptors (Lipinski definition) is 0. The van der Waals surface area contributed by atoms with E-state index < -0.39 is 0 Å². The zero-order chi connectivity index (χ0) is 16.9. The van der Waals surface area contributed by atoms with Crippen LogP contribution in [0.4, 0.5) is 0 Å². The van der Waals surface area contributed by atoms with Gasteiger partial charge in [0.05, 0.1) is 0 Å². The molecule has 0 radical (unpaired) electrons. The summed E-state index contributed by atoms with van der Waals surface area (Å²) in [7, 11) is 0. The van der Waals surface area contributed by atoms with Crippen LogP contribution in [0.3, 0.4) is 0 Å². The molecule has 0 N–H and O–H groups in total. The van der Waals surface area contributed by atoms with Crippen LogP contribution < -0.4 is 0 Å². The van der Waals surface area contributed by atoms with Gasteiger partial charge in [0.25, 0.3) is 0 Å². The van der Waals surface area contributed by atoms with E-state index in [1.54, 1.807) is 0 Å². The molecule has 4 aliphatic carbocycles. The van der Waals surface area contributed by atoms with Gasteiger partial charge in [-0.25, -0.2) is 0 Å². The maximum atomic E-state index is 2.78.